The van der Waals surface area contributed by atoms with Crippen molar-refractivity contribution in [3.63, 3.8) is 0 Å². The van der Waals surface area contributed by atoms with E-state index >= 15 is 0 Å². The second-order valence-electron chi connectivity index (χ2n) is 5.93. The quantitative estimate of drug-likeness (QED) is 0.633. The van der Waals surface area contributed by atoms with Gasteiger partial charge in [0.2, 0.25) is 0 Å². The number of anilines is 2. The molecule has 2 amide bonds. The molecule has 0 aliphatic carbocycles. The average Bonchev–Trinajstić information content (AvgIpc) is 3.30. The zero-order valence-corrected chi connectivity index (χ0v) is 15.3. The molecule has 0 saturated heterocycles. The number of esters is 1. The fraction of sp³-hybridized carbons (Fsp3) is 0.158. The largest absolute Gasteiger partial charge is 0.459 e. The Balaban J connectivity index is 1.51. The summed E-state index contributed by atoms with van der Waals surface area (Å²) in [5, 5.41) is 9.36. The van der Waals surface area contributed by atoms with Crippen LogP contribution in [0.25, 0.3) is 0 Å². The maximum absolute atomic E-state index is 12.1. The lowest BCUT2D eigenvalue weighted by Gasteiger charge is -2.07. The standard InChI is InChI=1S/C19H18N4O5/c1-12-10-16(23(2)22-12)21-17(24)11-28-19(26)13-5-7-14(8-6-13)20-18(25)15-4-3-9-27-15/h3-10H,11H2,1-2H3,(H,20,25)(H,21,24). The van der Waals surface area contributed by atoms with Crippen molar-refractivity contribution in [2.24, 2.45) is 7.05 Å². The Bertz CT molecular complexity index is 990. The third-order valence-electron chi connectivity index (χ3n) is 3.73. The fourth-order valence-electron chi connectivity index (χ4n) is 2.41. The van der Waals surface area contributed by atoms with Crippen LogP contribution in [0, 0.1) is 6.92 Å². The summed E-state index contributed by atoms with van der Waals surface area (Å²) < 4.78 is 11.5. The molecule has 28 heavy (non-hydrogen) atoms. The second-order valence-corrected chi connectivity index (χ2v) is 5.93. The molecular formula is C19H18N4O5. The predicted molar refractivity (Wildman–Crippen MR) is 100.0 cm³/mol. The Hall–Kier alpha value is -3.88. The van der Waals surface area contributed by atoms with Crippen LogP contribution >= 0.6 is 0 Å². The molecule has 0 aliphatic rings. The molecule has 9 nitrogen and oxygen atoms in total. The minimum atomic E-state index is -0.653. The highest BCUT2D eigenvalue weighted by Crippen LogP contribution is 2.13. The van der Waals surface area contributed by atoms with E-state index in [1.54, 1.807) is 44.3 Å². The van der Waals surface area contributed by atoms with Crippen LogP contribution in [0.3, 0.4) is 0 Å². The lowest BCUT2D eigenvalue weighted by molar-refractivity contribution is -0.119. The average molecular weight is 382 g/mol. The van der Waals surface area contributed by atoms with Gasteiger partial charge >= 0.3 is 5.97 Å². The minimum absolute atomic E-state index is 0.179. The number of rotatable bonds is 6. The van der Waals surface area contributed by atoms with Crippen LogP contribution in [-0.2, 0) is 16.6 Å². The molecule has 0 bridgehead atoms. The molecule has 3 rings (SSSR count). The molecule has 0 radical (unpaired) electrons. The number of amides is 2. The molecule has 2 N–H and O–H groups in total. The van der Waals surface area contributed by atoms with Crippen LogP contribution in [0.1, 0.15) is 26.6 Å². The first kappa shape index (κ1) is 18.9. The third-order valence-corrected chi connectivity index (χ3v) is 3.73. The monoisotopic (exact) mass is 382 g/mol. The van der Waals surface area contributed by atoms with E-state index in [1.807, 2.05) is 0 Å². The normalized spacial score (nSPS) is 10.4. The van der Waals surface area contributed by atoms with Crippen molar-refractivity contribution >= 4 is 29.3 Å². The molecule has 0 atom stereocenters. The van der Waals surface area contributed by atoms with Gasteiger partial charge in [0, 0.05) is 18.8 Å². The number of benzene rings is 1. The van der Waals surface area contributed by atoms with Crippen molar-refractivity contribution in [3.8, 4) is 0 Å². The van der Waals surface area contributed by atoms with Gasteiger partial charge in [0.05, 0.1) is 17.5 Å². The minimum Gasteiger partial charge on any atom is -0.459 e. The van der Waals surface area contributed by atoms with Crippen LogP contribution in [0.4, 0.5) is 11.5 Å². The van der Waals surface area contributed by atoms with Crippen molar-refractivity contribution in [1.82, 2.24) is 9.78 Å². The first-order valence-corrected chi connectivity index (χ1v) is 8.35. The Morgan fingerprint density at radius 1 is 1.14 bits per heavy atom. The van der Waals surface area contributed by atoms with Gasteiger partial charge in [-0.05, 0) is 43.3 Å². The number of nitrogens with zero attached hydrogens (tertiary/aromatic N) is 2. The van der Waals surface area contributed by atoms with Crippen LogP contribution in [0.2, 0.25) is 0 Å². The van der Waals surface area contributed by atoms with Crippen LogP contribution in [-0.4, -0.2) is 34.2 Å². The van der Waals surface area contributed by atoms with Crippen molar-refractivity contribution < 1.29 is 23.5 Å². The zero-order chi connectivity index (χ0) is 20.1. The van der Waals surface area contributed by atoms with Gasteiger partial charge in [0.15, 0.2) is 12.4 Å². The van der Waals surface area contributed by atoms with E-state index in [-0.39, 0.29) is 11.3 Å². The predicted octanol–water partition coefficient (Wildman–Crippen LogP) is 2.37. The SMILES string of the molecule is Cc1cc(NC(=O)COC(=O)c2ccc(NC(=O)c3ccco3)cc2)n(C)n1. The van der Waals surface area contributed by atoms with Crippen molar-refractivity contribution in [3.05, 3.63) is 65.7 Å². The summed E-state index contributed by atoms with van der Waals surface area (Å²) in [6, 6.07) is 10.9. The molecular weight excluding hydrogens is 364 g/mol. The fourth-order valence-corrected chi connectivity index (χ4v) is 2.41. The van der Waals surface area contributed by atoms with E-state index < -0.39 is 24.4 Å². The van der Waals surface area contributed by atoms with Gasteiger partial charge in [-0.15, -0.1) is 0 Å². The van der Waals surface area contributed by atoms with Gasteiger partial charge in [-0.2, -0.15) is 5.10 Å². The second kappa shape index (κ2) is 8.21. The zero-order valence-electron chi connectivity index (χ0n) is 15.3. The van der Waals surface area contributed by atoms with Crippen molar-refractivity contribution in [2.75, 3.05) is 17.2 Å². The summed E-state index contributed by atoms with van der Waals surface area (Å²) in [5.74, 6) is -0.838. The van der Waals surface area contributed by atoms with E-state index in [2.05, 4.69) is 15.7 Å². The molecule has 2 heterocycles. The number of furan rings is 1. The molecule has 1 aromatic carbocycles. The van der Waals surface area contributed by atoms with Crippen LogP contribution in [0.15, 0.2) is 53.1 Å². The number of aromatic nitrogens is 2. The van der Waals surface area contributed by atoms with E-state index in [9.17, 15) is 14.4 Å². The maximum Gasteiger partial charge on any atom is 0.338 e. The number of hydrogen-bond donors (Lipinski definition) is 2. The molecule has 0 fully saturated rings. The van der Waals surface area contributed by atoms with E-state index in [0.717, 1.165) is 5.69 Å². The maximum atomic E-state index is 12.1. The number of nitrogens with one attached hydrogen (secondary N) is 2. The Morgan fingerprint density at radius 2 is 1.89 bits per heavy atom. The van der Waals surface area contributed by atoms with Gasteiger partial charge in [-0.25, -0.2) is 4.79 Å². The van der Waals surface area contributed by atoms with Crippen LogP contribution in [0.5, 0.6) is 0 Å². The smallest absolute Gasteiger partial charge is 0.338 e. The number of carbonyl (C=O) groups is 3. The molecule has 2 aromatic heterocycles. The van der Waals surface area contributed by atoms with E-state index in [1.165, 1.54) is 23.1 Å². The first-order valence-electron chi connectivity index (χ1n) is 8.35. The van der Waals surface area contributed by atoms with Gasteiger partial charge in [-0.1, -0.05) is 0 Å². The highest BCUT2D eigenvalue weighted by atomic mass is 16.5. The molecule has 0 unspecified atom stereocenters. The summed E-state index contributed by atoms with van der Waals surface area (Å²) in [4.78, 5) is 35.9. The van der Waals surface area contributed by atoms with E-state index in [0.29, 0.717) is 11.5 Å². The van der Waals surface area contributed by atoms with Gasteiger partial charge in [0.1, 0.15) is 5.82 Å². The number of hydrogen-bond acceptors (Lipinski definition) is 6. The highest BCUT2D eigenvalue weighted by molar-refractivity contribution is 6.02. The lowest BCUT2D eigenvalue weighted by atomic mass is 10.2. The molecule has 0 spiro atoms. The molecule has 9 heteroatoms. The van der Waals surface area contributed by atoms with Crippen molar-refractivity contribution in [1.29, 1.82) is 0 Å². The first-order chi connectivity index (χ1) is 13.4. The number of ether oxygens (including phenoxy) is 1. The Morgan fingerprint density at radius 3 is 2.50 bits per heavy atom. The summed E-state index contributed by atoms with van der Waals surface area (Å²) >= 11 is 0. The molecule has 0 saturated carbocycles. The number of aryl methyl sites for hydroxylation is 2. The molecule has 0 aliphatic heterocycles. The topological polar surface area (TPSA) is 115 Å². The van der Waals surface area contributed by atoms with Gasteiger partial charge < -0.3 is 19.8 Å². The summed E-state index contributed by atoms with van der Waals surface area (Å²) in [7, 11) is 1.70. The summed E-state index contributed by atoms with van der Waals surface area (Å²) in [5.41, 5.74) is 1.50. The Labute approximate surface area is 160 Å². The number of carbonyl (C=O) groups excluding carboxylic acids is 3. The summed E-state index contributed by atoms with van der Waals surface area (Å²) in [6.45, 7) is 1.37. The van der Waals surface area contributed by atoms with Gasteiger partial charge in [-0.3, -0.25) is 14.3 Å². The molecule has 144 valence electrons. The molecule has 3 aromatic rings. The highest BCUT2D eigenvalue weighted by Gasteiger charge is 2.13. The van der Waals surface area contributed by atoms with E-state index in [4.69, 9.17) is 9.15 Å². The van der Waals surface area contributed by atoms with Gasteiger partial charge in [0.25, 0.3) is 11.8 Å². The Kier molecular flexibility index (Phi) is 5.54. The third kappa shape index (κ3) is 4.64. The van der Waals surface area contributed by atoms with Crippen molar-refractivity contribution in [2.45, 2.75) is 6.92 Å². The lowest BCUT2D eigenvalue weighted by Crippen LogP contribution is -2.22. The summed E-state index contributed by atoms with van der Waals surface area (Å²) in [6.07, 6.45) is 1.40. The van der Waals surface area contributed by atoms with Crippen LogP contribution < -0.4 is 10.6 Å².